The molecule has 16 heavy (non-hydrogen) atoms. The molecule has 0 aliphatic rings. The summed E-state index contributed by atoms with van der Waals surface area (Å²) in [5.74, 6) is 0.706. The highest BCUT2D eigenvalue weighted by atomic mass is 79.9. The molecule has 1 atom stereocenters. The molecule has 0 aliphatic heterocycles. The van der Waals surface area contributed by atoms with E-state index in [1.165, 1.54) is 16.6 Å². The summed E-state index contributed by atoms with van der Waals surface area (Å²) in [6.45, 7) is 8.50. The van der Waals surface area contributed by atoms with Crippen LogP contribution in [-0.2, 0) is 13.0 Å². The van der Waals surface area contributed by atoms with Gasteiger partial charge in [-0.2, -0.15) is 5.10 Å². The van der Waals surface area contributed by atoms with Gasteiger partial charge in [-0.3, -0.25) is 4.68 Å². The molecule has 1 rings (SSSR count). The first kappa shape index (κ1) is 13.7. The molecular weight excluding hydrogens is 266 g/mol. The molecule has 92 valence electrons. The van der Waals surface area contributed by atoms with Crippen molar-refractivity contribution in [2.75, 3.05) is 13.6 Å². The van der Waals surface area contributed by atoms with Gasteiger partial charge in [0, 0.05) is 6.54 Å². The zero-order valence-corrected chi connectivity index (χ0v) is 12.3. The predicted molar refractivity (Wildman–Crippen MR) is 71.7 cm³/mol. The molecule has 0 spiro atoms. The number of aromatic nitrogens is 2. The molecule has 1 N–H and O–H groups in total. The molecule has 1 aromatic heterocycles. The number of hydrogen-bond donors (Lipinski definition) is 1. The van der Waals surface area contributed by atoms with Crippen molar-refractivity contribution in [3.05, 3.63) is 15.9 Å². The molecule has 1 aromatic rings. The number of nitrogens with zero attached hydrogens (tertiary/aromatic N) is 2. The van der Waals surface area contributed by atoms with Crippen molar-refractivity contribution in [2.24, 2.45) is 5.92 Å². The minimum Gasteiger partial charge on any atom is -0.319 e. The van der Waals surface area contributed by atoms with Crippen LogP contribution in [0, 0.1) is 12.8 Å². The summed E-state index contributed by atoms with van der Waals surface area (Å²) in [5.41, 5.74) is 2.43. The van der Waals surface area contributed by atoms with Gasteiger partial charge in [0.05, 0.1) is 15.9 Å². The van der Waals surface area contributed by atoms with Crippen molar-refractivity contribution in [3.8, 4) is 0 Å². The van der Waals surface area contributed by atoms with Crippen molar-refractivity contribution < 1.29 is 0 Å². The summed E-state index contributed by atoms with van der Waals surface area (Å²) in [4.78, 5) is 0. The maximum Gasteiger partial charge on any atom is 0.0738 e. The number of hydrogen-bond acceptors (Lipinski definition) is 2. The third kappa shape index (κ3) is 3.32. The lowest BCUT2D eigenvalue weighted by Gasteiger charge is -2.11. The summed E-state index contributed by atoms with van der Waals surface area (Å²) in [5, 5.41) is 7.72. The van der Waals surface area contributed by atoms with E-state index in [0.717, 1.165) is 25.2 Å². The summed E-state index contributed by atoms with van der Waals surface area (Å²) >= 11 is 3.63. The van der Waals surface area contributed by atoms with Crippen LogP contribution in [-0.4, -0.2) is 23.4 Å². The zero-order valence-electron chi connectivity index (χ0n) is 10.7. The lowest BCUT2D eigenvalue weighted by atomic mass is 10.0. The van der Waals surface area contributed by atoms with Gasteiger partial charge in [0.15, 0.2) is 0 Å². The third-order valence-electron chi connectivity index (χ3n) is 2.88. The Morgan fingerprint density at radius 3 is 2.75 bits per heavy atom. The molecule has 1 unspecified atom stereocenters. The second kappa shape index (κ2) is 6.40. The smallest absolute Gasteiger partial charge is 0.0738 e. The van der Waals surface area contributed by atoms with Gasteiger partial charge in [0.25, 0.3) is 0 Å². The van der Waals surface area contributed by atoms with Gasteiger partial charge in [-0.15, -0.1) is 0 Å². The Morgan fingerprint density at radius 1 is 1.50 bits per heavy atom. The standard InChI is InChI=1S/C12H22BrN3/c1-5-16-11(12(13)10(3)15-16)7-6-9(2)8-14-4/h9,14H,5-8H2,1-4H3. The lowest BCUT2D eigenvalue weighted by molar-refractivity contribution is 0.489. The van der Waals surface area contributed by atoms with Crippen LogP contribution in [0.15, 0.2) is 4.47 Å². The Hall–Kier alpha value is -0.350. The van der Waals surface area contributed by atoms with Crippen molar-refractivity contribution in [2.45, 2.75) is 40.2 Å². The van der Waals surface area contributed by atoms with E-state index >= 15 is 0 Å². The van der Waals surface area contributed by atoms with Gasteiger partial charge in [-0.1, -0.05) is 6.92 Å². The van der Waals surface area contributed by atoms with Gasteiger partial charge < -0.3 is 5.32 Å². The monoisotopic (exact) mass is 287 g/mol. The van der Waals surface area contributed by atoms with E-state index in [0.29, 0.717) is 5.92 Å². The third-order valence-corrected chi connectivity index (χ3v) is 3.91. The molecule has 4 heteroatoms. The van der Waals surface area contributed by atoms with E-state index < -0.39 is 0 Å². The molecule has 0 saturated heterocycles. The number of halogens is 1. The first-order valence-electron chi connectivity index (χ1n) is 5.96. The normalized spacial score (nSPS) is 13.1. The largest absolute Gasteiger partial charge is 0.319 e. The fourth-order valence-corrected chi connectivity index (χ4v) is 2.42. The van der Waals surface area contributed by atoms with Crippen LogP contribution in [0.4, 0.5) is 0 Å². The first-order chi connectivity index (χ1) is 7.60. The Kier molecular flexibility index (Phi) is 5.49. The highest BCUT2D eigenvalue weighted by molar-refractivity contribution is 9.10. The minimum absolute atomic E-state index is 0.706. The van der Waals surface area contributed by atoms with Gasteiger partial charge >= 0.3 is 0 Å². The Balaban J connectivity index is 2.65. The molecule has 0 fully saturated rings. The second-order valence-electron chi connectivity index (χ2n) is 4.36. The predicted octanol–water partition coefficient (Wildman–Crippen LogP) is 2.76. The van der Waals surface area contributed by atoms with Gasteiger partial charge in [-0.25, -0.2) is 0 Å². The van der Waals surface area contributed by atoms with Crippen LogP contribution in [0.5, 0.6) is 0 Å². The summed E-state index contributed by atoms with van der Waals surface area (Å²) in [7, 11) is 2.01. The molecule has 0 aromatic carbocycles. The van der Waals surface area contributed by atoms with Crippen molar-refractivity contribution in [1.29, 1.82) is 0 Å². The Morgan fingerprint density at radius 2 is 2.19 bits per heavy atom. The Bertz CT molecular complexity index is 333. The molecule has 0 bridgehead atoms. The van der Waals surface area contributed by atoms with Gasteiger partial charge in [0.2, 0.25) is 0 Å². The molecule has 1 heterocycles. The topological polar surface area (TPSA) is 29.9 Å². The van der Waals surface area contributed by atoms with Crippen molar-refractivity contribution in [1.82, 2.24) is 15.1 Å². The Labute approximate surface area is 107 Å². The molecule has 3 nitrogen and oxygen atoms in total. The second-order valence-corrected chi connectivity index (χ2v) is 5.16. The zero-order chi connectivity index (χ0) is 12.1. The molecule has 0 amide bonds. The van der Waals surface area contributed by atoms with Crippen LogP contribution in [0.2, 0.25) is 0 Å². The quantitative estimate of drug-likeness (QED) is 0.872. The maximum atomic E-state index is 4.51. The molecule has 0 saturated carbocycles. The van der Waals surface area contributed by atoms with Crippen LogP contribution in [0.3, 0.4) is 0 Å². The fraction of sp³-hybridized carbons (Fsp3) is 0.750. The van der Waals surface area contributed by atoms with Gasteiger partial charge in [0.1, 0.15) is 0 Å². The number of rotatable bonds is 6. The molecule has 0 radical (unpaired) electrons. The van der Waals surface area contributed by atoms with E-state index in [4.69, 9.17) is 0 Å². The number of nitrogens with one attached hydrogen (secondary N) is 1. The van der Waals surface area contributed by atoms with Crippen LogP contribution < -0.4 is 5.32 Å². The van der Waals surface area contributed by atoms with Crippen molar-refractivity contribution in [3.63, 3.8) is 0 Å². The highest BCUT2D eigenvalue weighted by Gasteiger charge is 2.12. The summed E-state index contributed by atoms with van der Waals surface area (Å²) in [6, 6.07) is 0. The minimum atomic E-state index is 0.706. The maximum absolute atomic E-state index is 4.51. The number of aryl methyl sites for hydroxylation is 2. The average molecular weight is 288 g/mol. The van der Waals surface area contributed by atoms with Crippen LogP contribution >= 0.6 is 15.9 Å². The van der Waals surface area contributed by atoms with E-state index in [-0.39, 0.29) is 0 Å². The van der Waals surface area contributed by atoms with Gasteiger partial charge in [-0.05, 0) is 62.1 Å². The molecular formula is C12H22BrN3. The first-order valence-corrected chi connectivity index (χ1v) is 6.75. The SMILES string of the molecule is CCn1nc(C)c(Br)c1CCC(C)CNC. The average Bonchev–Trinajstić information content (AvgIpc) is 2.53. The van der Waals surface area contributed by atoms with Crippen LogP contribution in [0.1, 0.15) is 31.7 Å². The summed E-state index contributed by atoms with van der Waals surface area (Å²) < 4.78 is 3.29. The molecule has 0 aliphatic carbocycles. The van der Waals surface area contributed by atoms with E-state index in [1.54, 1.807) is 0 Å². The van der Waals surface area contributed by atoms with E-state index in [2.05, 4.69) is 51.8 Å². The lowest BCUT2D eigenvalue weighted by Crippen LogP contribution is -2.17. The van der Waals surface area contributed by atoms with Crippen LogP contribution in [0.25, 0.3) is 0 Å². The van der Waals surface area contributed by atoms with E-state index in [1.807, 2.05) is 7.05 Å². The summed E-state index contributed by atoms with van der Waals surface area (Å²) in [6.07, 6.45) is 2.29. The fourth-order valence-electron chi connectivity index (χ4n) is 1.94. The highest BCUT2D eigenvalue weighted by Crippen LogP contribution is 2.23. The van der Waals surface area contributed by atoms with E-state index in [9.17, 15) is 0 Å². The van der Waals surface area contributed by atoms with Crippen molar-refractivity contribution >= 4 is 15.9 Å².